The minimum Gasteiger partial charge on any atom is -0.326 e. The minimum atomic E-state index is 0.220. The number of hydrogen-bond donors (Lipinski definition) is 0. The Balaban J connectivity index is 5.84. The summed E-state index contributed by atoms with van der Waals surface area (Å²) >= 11 is 0. The molecular formula is C21H44N+. The van der Waals surface area contributed by atoms with Crippen LogP contribution in [-0.4, -0.2) is 31.2 Å². The predicted octanol–water partition coefficient (Wildman–Crippen LogP) is 6.30. The third-order valence-corrected chi connectivity index (χ3v) is 6.53. The van der Waals surface area contributed by atoms with E-state index in [-0.39, 0.29) is 11.0 Å². The summed E-state index contributed by atoms with van der Waals surface area (Å²) in [7, 11) is 7.12. The van der Waals surface area contributed by atoms with Crippen LogP contribution in [0.5, 0.6) is 0 Å². The molecule has 0 aromatic carbocycles. The summed E-state index contributed by atoms with van der Waals surface area (Å²) < 4.78 is 1.02. The van der Waals surface area contributed by atoms with E-state index in [2.05, 4.69) is 81.8 Å². The van der Waals surface area contributed by atoms with Crippen LogP contribution in [0.4, 0.5) is 0 Å². The topological polar surface area (TPSA) is 0 Å². The highest BCUT2D eigenvalue weighted by molar-refractivity contribution is 5.10. The van der Waals surface area contributed by atoms with Gasteiger partial charge >= 0.3 is 0 Å². The first-order chi connectivity index (χ1) is 10.00. The van der Waals surface area contributed by atoms with Crippen molar-refractivity contribution in [3.63, 3.8) is 0 Å². The zero-order valence-corrected chi connectivity index (χ0v) is 17.3. The molecule has 0 spiro atoms. The summed E-state index contributed by atoms with van der Waals surface area (Å²) in [5, 5.41) is 0. The zero-order valence-electron chi connectivity index (χ0n) is 17.3. The van der Waals surface area contributed by atoms with Gasteiger partial charge in [0.2, 0.25) is 0 Å². The lowest BCUT2D eigenvalue weighted by Crippen LogP contribution is -2.64. The van der Waals surface area contributed by atoms with Crippen LogP contribution in [0.3, 0.4) is 0 Å². The minimum absolute atomic E-state index is 0.220. The molecule has 0 rings (SSSR count). The molecule has 132 valence electrons. The number of rotatable bonds is 10. The van der Waals surface area contributed by atoms with E-state index in [1.807, 2.05) is 0 Å². The first-order valence-corrected chi connectivity index (χ1v) is 9.51. The second-order valence-electron chi connectivity index (χ2n) is 8.75. The largest absolute Gasteiger partial charge is 0.326 e. The van der Waals surface area contributed by atoms with E-state index in [0.717, 1.165) is 4.48 Å². The van der Waals surface area contributed by atoms with Gasteiger partial charge in [-0.05, 0) is 32.1 Å². The molecule has 0 saturated heterocycles. The lowest BCUT2D eigenvalue weighted by Gasteiger charge is -2.56. The third-order valence-electron chi connectivity index (χ3n) is 6.53. The van der Waals surface area contributed by atoms with Crippen LogP contribution >= 0.6 is 0 Å². The van der Waals surface area contributed by atoms with Crippen LogP contribution in [0, 0.1) is 17.3 Å². The van der Waals surface area contributed by atoms with E-state index >= 15 is 0 Å². The molecule has 22 heavy (non-hydrogen) atoms. The smallest absolute Gasteiger partial charge is 0.105 e. The van der Waals surface area contributed by atoms with Gasteiger partial charge in [-0.3, -0.25) is 0 Å². The molecule has 1 nitrogen and oxygen atoms in total. The number of quaternary nitrogens is 1. The quantitative estimate of drug-likeness (QED) is 0.328. The summed E-state index contributed by atoms with van der Waals surface area (Å²) in [6, 6.07) is 0. The van der Waals surface area contributed by atoms with E-state index in [0.29, 0.717) is 11.8 Å². The van der Waals surface area contributed by atoms with Gasteiger partial charge in [-0.1, -0.05) is 66.0 Å². The lowest BCUT2D eigenvalue weighted by atomic mass is 9.60. The van der Waals surface area contributed by atoms with Crippen molar-refractivity contribution < 1.29 is 4.48 Å². The SMILES string of the molecule is CCCC(C)C=CC(C)(C(C)CC)C(C)(CCC)[N+](C)(C)C. The van der Waals surface area contributed by atoms with Crippen molar-refractivity contribution in [3.05, 3.63) is 12.2 Å². The van der Waals surface area contributed by atoms with E-state index in [1.54, 1.807) is 0 Å². The van der Waals surface area contributed by atoms with Gasteiger partial charge in [-0.15, -0.1) is 0 Å². The van der Waals surface area contributed by atoms with Gasteiger partial charge in [0.15, 0.2) is 0 Å². The molecule has 0 aliphatic carbocycles. The first kappa shape index (κ1) is 21.7. The molecule has 1 heteroatoms. The maximum absolute atomic E-state index is 2.58. The average molecular weight is 311 g/mol. The van der Waals surface area contributed by atoms with Gasteiger partial charge in [0.05, 0.1) is 21.1 Å². The normalized spacial score (nSPS) is 21.4. The van der Waals surface area contributed by atoms with Gasteiger partial charge in [-0.2, -0.15) is 0 Å². The Labute approximate surface area is 141 Å². The van der Waals surface area contributed by atoms with Gasteiger partial charge < -0.3 is 4.48 Å². The molecule has 0 fully saturated rings. The highest BCUT2D eigenvalue weighted by atomic mass is 15.3. The molecule has 0 aliphatic heterocycles. The molecule has 0 amide bonds. The van der Waals surface area contributed by atoms with Gasteiger partial charge in [0.1, 0.15) is 5.54 Å². The Kier molecular flexibility index (Phi) is 8.41. The van der Waals surface area contributed by atoms with E-state index in [1.165, 1.54) is 32.1 Å². The molecule has 0 saturated carbocycles. The maximum Gasteiger partial charge on any atom is 0.105 e. The molecule has 0 bridgehead atoms. The Morgan fingerprint density at radius 1 is 0.955 bits per heavy atom. The molecule has 0 aromatic heterocycles. The summed E-state index contributed by atoms with van der Waals surface area (Å²) in [6.07, 6.45) is 11.4. The second-order valence-corrected chi connectivity index (χ2v) is 8.75. The summed E-state index contributed by atoms with van der Waals surface area (Å²) in [6.45, 7) is 16.8. The highest BCUT2D eigenvalue weighted by Crippen LogP contribution is 2.49. The van der Waals surface area contributed by atoms with Gasteiger partial charge in [-0.25, -0.2) is 0 Å². The monoisotopic (exact) mass is 310 g/mol. The molecule has 4 unspecified atom stereocenters. The third kappa shape index (κ3) is 4.60. The molecular weight excluding hydrogens is 266 g/mol. The molecule has 0 aromatic rings. The standard InChI is InChI=1S/C21H44N/c1-11-14-18(4)15-17-20(6,19(5)13-3)21(7,16-12-2)22(8,9)10/h15,17-19H,11-14,16H2,1-10H3/q+1. The van der Waals surface area contributed by atoms with Crippen molar-refractivity contribution in [2.75, 3.05) is 21.1 Å². The molecule has 0 radical (unpaired) electrons. The zero-order chi connectivity index (χ0) is 17.6. The van der Waals surface area contributed by atoms with Crippen LogP contribution in [-0.2, 0) is 0 Å². The van der Waals surface area contributed by atoms with Crippen molar-refractivity contribution in [2.45, 2.75) is 86.1 Å². The van der Waals surface area contributed by atoms with Gasteiger partial charge in [0, 0.05) is 11.8 Å². The Bertz CT molecular complexity index is 338. The van der Waals surface area contributed by atoms with Gasteiger partial charge in [0.25, 0.3) is 0 Å². The predicted molar refractivity (Wildman–Crippen MR) is 102 cm³/mol. The average Bonchev–Trinajstić information content (AvgIpc) is 2.43. The summed E-state index contributed by atoms with van der Waals surface area (Å²) in [5.74, 6) is 1.37. The van der Waals surface area contributed by atoms with Crippen molar-refractivity contribution in [2.24, 2.45) is 17.3 Å². The van der Waals surface area contributed by atoms with Crippen LogP contribution in [0.2, 0.25) is 0 Å². The van der Waals surface area contributed by atoms with Crippen molar-refractivity contribution in [1.29, 1.82) is 0 Å². The van der Waals surface area contributed by atoms with E-state index < -0.39 is 0 Å². The summed E-state index contributed by atoms with van der Waals surface area (Å²) in [4.78, 5) is 0. The number of allylic oxidation sites excluding steroid dienone is 1. The van der Waals surface area contributed by atoms with Crippen LogP contribution in [0.15, 0.2) is 12.2 Å². The van der Waals surface area contributed by atoms with Crippen molar-refractivity contribution in [3.8, 4) is 0 Å². The Morgan fingerprint density at radius 2 is 1.50 bits per heavy atom. The summed E-state index contributed by atoms with van der Waals surface area (Å²) in [5.41, 5.74) is 0.470. The highest BCUT2D eigenvalue weighted by Gasteiger charge is 2.53. The maximum atomic E-state index is 2.58. The molecule has 4 atom stereocenters. The molecule has 0 N–H and O–H groups in total. The molecule has 0 heterocycles. The van der Waals surface area contributed by atoms with E-state index in [4.69, 9.17) is 0 Å². The fraction of sp³-hybridized carbons (Fsp3) is 0.905. The Hall–Kier alpha value is -0.300. The van der Waals surface area contributed by atoms with E-state index in [9.17, 15) is 0 Å². The Morgan fingerprint density at radius 3 is 1.86 bits per heavy atom. The lowest BCUT2D eigenvalue weighted by molar-refractivity contribution is -0.931. The van der Waals surface area contributed by atoms with Crippen LogP contribution in [0.25, 0.3) is 0 Å². The van der Waals surface area contributed by atoms with Crippen molar-refractivity contribution in [1.82, 2.24) is 0 Å². The fourth-order valence-electron chi connectivity index (χ4n) is 4.03. The molecule has 0 aliphatic rings. The number of hydrogen-bond acceptors (Lipinski definition) is 0. The van der Waals surface area contributed by atoms with Crippen LogP contribution in [0.1, 0.15) is 80.6 Å². The number of nitrogens with zero attached hydrogens (tertiary/aromatic N) is 1. The van der Waals surface area contributed by atoms with Crippen molar-refractivity contribution >= 4 is 0 Å². The second kappa shape index (κ2) is 8.52. The first-order valence-electron chi connectivity index (χ1n) is 9.51. The fourth-order valence-corrected chi connectivity index (χ4v) is 4.03. The van der Waals surface area contributed by atoms with Crippen LogP contribution < -0.4 is 0 Å².